The highest BCUT2D eigenvalue weighted by atomic mass is 16.3. The van der Waals surface area contributed by atoms with Crippen molar-refractivity contribution in [3.05, 3.63) is 200 Å². The zero-order chi connectivity index (χ0) is 33.3. The Balaban J connectivity index is 1.39. The number of benzene rings is 8. The SMILES string of the molecule is c1ccc(-c2ccc(N(c3ccccc3-c3ccccc3)c3c(-c4ccccc4-c4ccccc4)ccc4oc5ccccc5c34)cc2)cc1. The fourth-order valence-electron chi connectivity index (χ4n) is 7.19. The van der Waals surface area contributed by atoms with E-state index in [1.54, 1.807) is 0 Å². The van der Waals surface area contributed by atoms with Crippen LogP contribution in [0.25, 0.3) is 66.4 Å². The van der Waals surface area contributed by atoms with Gasteiger partial charge in [-0.1, -0.05) is 164 Å². The van der Waals surface area contributed by atoms with Crippen LogP contribution in [-0.2, 0) is 0 Å². The van der Waals surface area contributed by atoms with Crippen LogP contribution in [0.15, 0.2) is 205 Å². The molecule has 9 aromatic rings. The van der Waals surface area contributed by atoms with Crippen molar-refractivity contribution >= 4 is 39.0 Å². The van der Waals surface area contributed by atoms with E-state index < -0.39 is 0 Å². The molecule has 2 nitrogen and oxygen atoms in total. The van der Waals surface area contributed by atoms with Crippen molar-refractivity contribution in [2.75, 3.05) is 4.90 Å². The lowest BCUT2D eigenvalue weighted by atomic mass is 9.91. The summed E-state index contributed by atoms with van der Waals surface area (Å²) in [5.74, 6) is 0. The van der Waals surface area contributed by atoms with Crippen LogP contribution in [0.2, 0.25) is 0 Å². The highest BCUT2D eigenvalue weighted by molar-refractivity contribution is 6.18. The number of rotatable bonds is 7. The van der Waals surface area contributed by atoms with Gasteiger partial charge in [-0.3, -0.25) is 0 Å². The third kappa shape index (κ3) is 5.24. The van der Waals surface area contributed by atoms with Crippen LogP contribution < -0.4 is 4.90 Å². The van der Waals surface area contributed by atoms with Gasteiger partial charge in [0.05, 0.1) is 16.8 Å². The Morgan fingerprint density at radius 3 is 1.54 bits per heavy atom. The van der Waals surface area contributed by atoms with Crippen molar-refractivity contribution in [1.29, 1.82) is 0 Å². The van der Waals surface area contributed by atoms with Gasteiger partial charge in [0.15, 0.2) is 0 Å². The van der Waals surface area contributed by atoms with Crippen LogP contribution in [0.1, 0.15) is 0 Å². The highest BCUT2D eigenvalue weighted by Crippen LogP contribution is 2.51. The summed E-state index contributed by atoms with van der Waals surface area (Å²) in [7, 11) is 0. The molecular weight excluding hydrogens is 607 g/mol. The minimum atomic E-state index is 0.852. The Bertz CT molecular complexity index is 2570. The zero-order valence-electron chi connectivity index (χ0n) is 27.4. The first kappa shape index (κ1) is 29.5. The minimum Gasteiger partial charge on any atom is -0.456 e. The summed E-state index contributed by atoms with van der Waals surface area (Å²) >= 11 is 0. The van der Waals surface area contributed by atoms with Gasteiger partial charge in [0, 0.05) is 22.2 Å². The Hall–Kier alpha value is -6.64. The molecule has 0 fully saturated rings. The lowest BCUT2D eigenvalue weighted by molar-refractivity contribution is 0.669. The lowest BCUT2D eigenvalue weighted by Gasteiger charge is -2.31. The predicted octanol–water partition coefficient (Wildman–Crippen LogP) is 13.7. The number of para-hydroxylation sites is 2. The van der Waals surface area contributed by atoms with Crippen LogP contribution in [-0.4, -0.2) is 0 Å². The van der Waals surface area contributed by atoms with Crippen molar-refractivity contribution in [3.63, 3.8) is 0 Å². The fourth-order valence-corrected chi connectivity index (χ4v) is 7.19. The number of anilines is 3. The lowest BCUT2D eigenvalue weighted by Crippen LogP contribution is -2.13. The summed E-state index contributed by atoms with van der Waals surface area (Å²) < 4.78 is 6.59. The first-order chi connectivity index (χ1) is 24.8. The van der Waals surface area contributed by atoms with Gasteiger partial charge in [-0.2, -0.15) is 0 Å². The maximum atomic E-state index is 6.59. The van der Waals surface area contributed by atoms with Crippen LogP contribution in [0.5, 0.6) is 0 Å². The Labute approximate surface area is 292 Å². The first-order valence-corrected chi connectivity index (χ1v) is 17.0. The second-order valence-corrected chi connectivity index (χ2v) is 12.5. The monoisotopic (exact) mass is 639 g/mol. The van der Waals surface area contributed by atoms with E-state index in [1.165, 1.54) is 22.3 Å². The van der Waals surface area contributed by atoms with Crippen molar-refractivity contribution in [1.82, 2.24) is 0 Å². The Morgan fingerprint density at radius 1 is 0.320 bits per heavy atom. The fraction of sp³-hybridized carbons (Fsp3) is 0. The Morgan fingerprint density at radius 2 is 0.840 bits per heavy atom. The van der Waals surface area contributed by atoms with Gasteiger partial charge in [0.2, 0.25) is 0 Å². The van der Waals surface area contributed by atoms with E-state index in [0.29, 0.717) is 0 Å². The van der Waals surface area contributed by atoms with Gasteiger partial charge in [-0.15, -0.1) is 0 Å². The van der Waals surface area contributed by atoms with E-state index in [-0.39, 0.29) is 0 Å². The smallest absolute Gasteiger partial charge is 0.137 e. The quantitative estimate of drug-likeness (QED) is 0.173. The average molecular weight is 640 g/mol. The van der Waals surface area contributed by atoms with Gasteiger partial charge >= 0.3 is 0 Å². The molecule has 0 saturated heterocycles. The van der Waals surface area contributed by atoms with E-state index >= 15 is 0 Å². The molecule has 1 aromatic heterocycles. The molecule has 0 saturated carbocycles. The molecule has 236 valence electrons. The normalized spacial score (nSPS) is 11.2. The highest BCUT2D eigenvalue weighted by Gasteiger charge is 2.26. The van der Waals surface area contributed by atoms with Gasteiger partial charge in [0.25, 0.3) is 0 Å². The molecule has 0 bridgehead atoms. The topological polar surface area (TPSA) is 16.4 Å². The van der Waals surface area contributed by atoms with Crippen molar-refractivity contribution in [3.8, 4) is 44.5 Å². The molecule has 0 atom stereocenters. The molecule has 0 amide bonds. The number of fused-ring (bicyclic) bond motifs is 3. The number of hydrogen-bond acceptors (Lipinski definition) is 2. The van der Waals surface area contributed by atoms with Crippen molar-refractivity contribution < 1.29 is 4.42 Å². The third-order valence-electron chi connectivity index (χ3n) is 9.50. The van der Waals surface area contributed by atoms with Crippen LogP contribution in [0, 0.1) is 0 Å². The van der Waals surface area contributed by atoms with Crippen molar-refractivity contribution in [2.45, 2.75) is 0 Å². The molecule has 0 aliphatic heterocycles. The number of hydrogen-bond donors (Lipinski definition) is 0. The summed E-state index contributed by atoms with van der Waals surface area (Å²) in [6.07, 6.45) is 0. The first-order valence-electron chi connectivity index (χ1n) is 17.0. The molecule has 50 heavy (non-hydrogen) atoms. The zero-order valence-corrected chi connectivity index (χ0v) is 27.4. The average Bonchev–Trinajstić information content (AvgIpc) is 3.59. The molecule has 9 rings (SSSR count). The second-order valence-electron chi connectivity index (χ2n) is 12.5. The summed E-state index contributed by atoms with van der Waals surface area (Å²) in [5, 5.41) is 2.16. The van der Waals surface area contributed by atoms with E-state index in [9.17, 15) is 0 Å². The maximum Gasteiger partial charge on any atom is 0.137 e. The second kappa shape index (κ2) is 12.8. The Kier molecular flexibility index (Phi) is 7.53. The molecule has 0 spiro atoms. The van der Waals surface area contributed by atoms with Gasteiger partial charge in [-0.25, -0.2) is 0 Å². The molecule has 2 heteroatoms. The molecule has 0 aliphatic carbocycles. The van der Waals surface area contributed by atoms with Crippen LogP contribution >= 0.6 is 0 Å². The predicted molar refractivity (Wildman–Crippen MR) is 210 cm³/mol. The maximum absolute atomic E-state index is 6.59. The van der Waals surface area contributed by atoms with Gasteiger partial charge in [0.1, 0.15) is 11.2 Å². The summed E-state index contributed by atoms with van der Waals surface area (Å²) in [4.78, 5) is 2.44. The third-order valence-corrected chi connectivity index (χ3v) is 9.50. The van der Waals surface area contributed by atoms with Crippen LogP contribution in [0.3, 0.4) is 0 Å². The van der Waals surface area contributed by atoms with E-state index in [1.807, 2.05) is 6.07 Å². The number of nitrogens with zero attached hydrogens (tertiary/aromatic N) is 1. The molecule has 0 aliphatic rings. The van der Waals surface area contributed by atoms with E-state index in [4.69, 9.17) is 4.42 Å². The van der Waals surface area contributed by atoms with Gasteiger partial charge in [-0.05, 0) is 69.8 Å². The summed E-state index contributed by atoms with van der Waals surface area (Å²) in [6.45, 7) is 0. The summed E-state index contributed by atoms with van der Waals surface area (Å²) in [5.41, 5.74) is 14.2. The molecule has 1 heterocycles. The van der Waals surface area contributed by atoms with E-state index in [2.05, 4.69) is 199 Å². The van der Waals surface area contributed by atoms with Crippen molar-refractivity contribution in [2.24, 2.45) is 0 Å². The molecule has 8 aromatic carbocycles. The number of furan rings is 1. The largest absolute Gasteiger partial charge is 0.456 e. The molecule has 0 unspecified atom stereocenters. The summed E-state index contributed by atoms with van der Waals surface area (Å²) in [6, 6.07) is 71.1. The van der Waals surface area contributed by atoms with E-state index in [0.717, 1.165) is 61.3 Å². The molecular formula is C48H33NO. The van der Waals surface area contributed by atoms with Crippen LogP contribution in [0.4, 0.5) is 17.1 Å². The molecule has 0 N–H and O–H groups in total. The molecule has 0 radical (unpaired) electrons. The minimum absolute atomic E-state index is 0.852. The standard InChI is InChI=1S/C48H33NO/c1-4-16-34(17-5-1)35-28-30-38(31-29-35)49(44-26-14-12-23-40(44)37-20-8-3-9-21-37)48-42(32-33-46-47(48)43-25-13-15-27-45(43)50-46)41-24-11-10-22-39(41)36-18-6-2-7-19-36/h1-33H. The van der Waals surface area contributed by atoms with Gasteiger partial charge < -0.3 is 9.32 Å².